The molecule has 0 aliphatic carbocycles. The van der Waals surface area contributed by atoms with Gasteiger partial charge >= 0.3 is 0 Å². The highest BCUT2D eigenvalue weighted by atomic mass is 16.1. The summed E-state index contributed by atoms with van der Waals surface area (Å²) in [5.74, 6) is -0.580. The largest absolute Gasteiger partial charge is 0.294 e. The first kappa shape index (κ1) is 14.9. The lowest BCUT2D eigenvalue weighted by Gasteiger charge is -2.18. The fourth-order valence-electron chi connectivity index (χ4n) is 2.11. The summed E-state index contributed by atoms with van der Waals surface area (Å²) < 4.78 is 0. The van der Waals surface area contributed by atoms with E-state index in [-0.39, 0.29) is 23.5 Å². The second kappa shape index (κ2) is 7.34. The average molecular weight is 254 g/mol. The van der Waals surface area contributed by atoms with Crippen molar-refractivity contribution in [3.8, 4) is 12.1 Å². The van der Waals surface area contributed by atoms with Crippen molar-refractivity contribution in [2.75, 3.05) is 0 Å². The molecule has 2 unspecified atom stereocenters. The van der Waals surface area contributed by atoms with Gasteiger partial charge in [0, 0.05) is 23.3 Å². The molecule has 2 atom stereocenters. The van der Waals surface area contributed by atoms with Gasteiger partial charge in [-0.25, -0.2) is 0 Å². The van der Waals surface area contributed by atoms with E-state index in [1.54, 1.807) is 12.1 Å². The number of hydrogen-bond acceptors (Lipinski definition) is 3. The van der Waals surface area contributed by atoms with Gasteiger partial charge in [0.1, 0.15) is 0 Å². The molecule has 0 saturated heterocycles. The van der Waals surface area contributed by atoms with Crippen LogP contribution in [0.2, 0.25) is 0 Å². The maximum absolute atomic E-state index is 12.4. The first-order valence-electron chi connectivity index (χ1n) is 6.47. The van der Waals surface area contributed by atoms with E-state index in [4.69, 9.17) is 10.5 Å². The van der Waals surface area contributed by atoms with Crippen LogP contribution in [0.5, 0.6) is 0 Å². The molecule has 1 aromatic rings. The molecule has 0 saturated carbocycles. The zero-order valence-electron chi connectivity index (χ0n) is 11.3. The average Bonchev–Trinajstić information content (AvgIpc) is 2.46. The van der Waals surface area contributed by atoms with Gasteiger partial charge in [0.25, 0.3) is 0 Å². The van der Waals surface area contributed by atoms with E-state index in [2.05, 4.69) is 12.1 Å². The molecule has 0 aliphatic heterocycles. The third-order valence-electron chi connectivity index (χ3n) is 3.15. The van der Waals surface area contributed by atoms with Gasteiger partial charge in [0.2, 0.25) is 0 Å². The molecule has 3 nitrogen and oxygen atoms in total. The SMILES string of the molecule is CC(C#N)CC(CC(C)C#N)C(=O)c1ccccc1. The fraction of sp³-hybridized carbons (Fsp3) is 0.438. The Morgan fingerprint density at radius 3 is 1.95 bits per heavy atom. The lowest BCUT2D eigenvalue weighted by atomic mass is 9.84. The predicted octanol–water partition coefficient (Wildman–Crippen LogP) is 3.59. The Morgan fingerprint density at radius 2 is 1.53 bits per heavy atom. The van der Waals surface area contributed by atoms with E-state index in [0.29, 0.717) is 18.4 Å². The van der Waals surface area contributed by atoms with Crippen molar-refractivity contribution in [2.24, 2.45) is 17.8 Å². The van der Waals surface area contributed by atoms with Gasteiger partial charge in [0.15, 0.2) is 5.78 Å². The molecule has 0 aliphatic rings. The van der Waals surface area contributed by atoms with Crippen LogP contribution >= 0.6 is 0 Å². The monoisotopic (exact) mass is 254 g/mol. The van der Waals surface area contributed by atoms with E-state index < -0.39 is 0 Å². The Hall–Kier alpha value is -2.13. The molecule has 19 heavy (non-hydrogen) atoms. The second-order valence-electron chi connectivity index (χ2n) is 4.96. The molecule has 0 radical (unpaired) electrons. The van der Waals surface area contributed by atoms with Crippen LogP contribution in [0.25, 0.3) is 0 Å². The Kier molecular flexibility index (Phi) is 5.76. The molecule has 0 bridgehead atoms. The maximum Gasteiger partial charge on any atom is 0.166 e. The molecule has 0 amide bonds. The number of ketones is 1. The number of benzene rings is 1. The van der Waals surface area contributed by atoms with Gasteiger partial charge in [-0.15, -0.1) is 0 Å². The predicted molar refractivity (Wildman–Crippen MR) is 73.1 cm³/mol. The summed E-state index contributed by atoms with van der Waals surface area (Å²) in [6.45, 7) is 3.62. The number of rotatable bonds is 6. The highest BCUT2D eigenvalue weighted by molar-refractivity contribution is 5.97. The molecule has 0 aromatic heterocycles. The Bertz CT molecular complexity index is 474. The number of carbonyl (C=O) groups is 1. The van der Waals surface area contributed by atoms with Crippen LogP contribution in [-0.2, 0) is 0 Å². The molecule has 0 N–H and O–H groups in total. The van der Waals surface area contributed by atoms with Crippen LogP contribution in [0, 0.1) is 40.4 Å². The highest BCUT2D eigenvalue weighted by Gasteiger charge is 2.24. The van der Waals surface area contributed by atoms with E-state index in [0.717, 1.165) is 0 Å². The maximum atomic E-state index is 12.4. The van der Waals surface area contributed by atoms with Crippen LogP contribution in [0.1, 0.15) is 37.0 Å². The van der Waals surface area contributed by atoms with Crippen LogP contribution in [0.4, 0.5) is 0 Å². The molecule has 3 heteroatoms. The van der Waals surface area contributed by atoms with Gasteiger partial charge in [-0.3, -0.25) is 4.79 Å². The van der Waals surface area contributed by atoms with Crippen molar-refractivity contribution < 1.29 is 4.79 Å². The number of nitriles is 2. The van der Waals surface area contributed by atoms with Crippen LogP contribution in [-0.4, -0.2) is 5.78 Å². The Labute approximate surface area is 114 Å². The summed E-state index contributed by atoms with van der Waals surface area (Å²) in [7, 11) is 0. The van der Waals surface area contributed by atoms with Crippen molar-refractivity contribution in [3.63, 3.8) is 0 Å². The topological polar surface area (TPSA) is 64.7 Å². The summed E-state index contributed by atoms with van der Waals surface area (Å²) in [5, 5.41) is 17.8. The van der Waals surface area contributed by atoms with Gasteiger partial charge in [-0.1, -0.05) is 30.3 Å². The minimum Gasteiger partial charge on any atom is -0.294 e. The molecule has 0 heterocycles. The van der Waals surface area contributed by atoms with Crippen LogP contribution < -0.4 is 0 Å². The Morgan fingerprint density at radius 1 is 1.05 bits per heavy atom. The van der Waals surface area contributed by atoms with E-state index in [1.165, 1.54) is 0 Å². The first-order chi connectivity index (χ1) is 9.08. The molecule has 98 valence electrons. The Balaban J connectivity index is 2.87. The quantitative estimate of drug-likeness (QED) is 0.729. The smallest absolute Gasteiger partial charge is 0.166 e. The first-order valence-corrected chi connectivity index (χ1v) is 6.47. The zero-order chi connectivity index (χ0) is 14.3. The van der Waals surface area contributed by atoms with Crippen molar-refractivity contribution in [1.82, 2.24) is 0 Å². The molecular formula is C16H18N2O. The minimum absolute atomic E-state index is 0.0322. The third kappa shape index (κ3) is 4.56. The molecule has 1 aromatic carbocycles. The van der Waals surface area contributed by atoms with Gasteiger partial charge in [-0.2, -0.15) is 10.5 Å². The summed E-state index contributed by atoms with van der Waals surface area (Å²) in [6, 6.07) is 13.4. The number of Topliss-reactive ketones (excluding diaryl/α,β-unsaturated/α-hetero) is 1. The second-order valence-corrected chi connectivity index (χ2v) is 4.96. The lowest BCUT2D eigenvalue weighted by molar-refractivity contribution is 0.0892. The summed E-state index contributed by atoms with van der Waals surface area (Å²) >= 11 is 0. The normalized spacial score (nSPS) is 14.7. The van der Waals surface area contributed by atoms with Crippen LogP contribution in [0.15, 0.2) is 30.3 Å². The van der Waals surface area contributed by atoms with Gasteiger partial charge < -0.3 is 0 Å². The number of carbonyl (C=O) groups excluding carboxylic acids is 1. The zero-order valence-corrected chi connectivity index (χ0v) is 11.3. The van der Waals surface area contributed by atoms with E-state index >= 15 is 0 Å². The van der Waals surface area contributed by atoms with Crippen molar-refractivity contribution in [1.29, 1.82) is 10.5 Å². The summed E-state index contributed by atoms with van der Waals surface area (Å²) in [6.07, 6.45) is 1.02. The number of hydrogen-bond donors (Lipinski definition) is 0. The molecule has 0 spiro atoms. The summed E-state index contributed by atoms with van der Waals surface area (Å²) in [5.41, 5.74) is 0.655. The van der Waals surface area contributed by atoms with E-state index in [1.807, 2.05) is 32.0 Å². The number of nitrogens with zero attached hydrogens (tertiary/aromatic N) is 2. The third-order valence-corrected chi connectivity index (χ3v) is 3.15. The van der Waals surface area contributed by atoms with Gasteiger partial charge in [0.05, 0.1) is 12.1 Å². The van der Waals surface area contributed by atoms with Crippen molar-refractivity contribution >= 4 is 5.78 Å². The van der Waals surface area contributed by atoms with Crippen molar-refractivity contribution in [3.05, 3.63) is 35.9 Å². The standard InChI is InChI=1S/C16H18N2O/c1-12(10-17)8-15(9-13(2)11-18)16(19)14-6-4-3-5-7-14/h3-7,12-13,15H,8-9H2,1-2H3. The van der Waals surface area contributed by atoms with Crippen LogP contribution in [0.3, 0.4) is 0 Å². The van der Waals surface area contributed by atoms with Gasteiger partial charge in [-0.05, 0) is 26.7 Å². The highest BCUT2D eigenvalue weighted by Crippen LogP contribution is 2.24. The van der Waals surface area contributed by atoms with E-state index in [9.17, 15) is 4.79 Å². The summed E-state index contributed by atoms with van der Waals surface area (Å²) in [4.78, 5) is 12.4. The van der Waals surface area contributed by atoms with Crippen molar-refractivity contribution in [2.45, 2.75) is 26.7 Å². The minimum atomic E-state index is -0.258. The molecule has 1 rings (SSSR count). The molecule has 0 fully saturated rings. The molecular weight excluding hydrogens is 236 g/mol. The lowest BCUT2D eigenvalue weighted by Crippen LogP contribution is -2.19. The fourth-order valence-corrected chi connectivity index (χ4v) is 2.11.